The van der Waals surface area contributed by atoms with Gasteiger partial charge >= 0.3 is 6.18 Å². The van der Waals surface area contributed by atoms with Gasteiger partial charge in [0.1, 0.15) is 6.04 Å². The van der Waals surface area contributed by atoms with Gasteiger partial charge in [0.25, 0.3) is 5.91 Å². The number of hydrogen-bond acceptors (Lipinski definition) is 3. The highest BCUT2D eigenvalue weighted by molar-refractivity contribution is 7.99. The molecule has 25 heavy (non-hydrogen) atoms. The van der Waals surface area contributed by atoms with Crippen molar-refractivity contribution in [2.45, 2.75) is 24.0 Å². The molecule has 0 spiro atoms. The molecule has 130 valence electrons. The number of benzene rings is 2. The third-order valence-electron chi connectivity index (χ3n) is 3.88. The van der Waals surface area contributed by atoms with Crippen molar-refractivity contribution in [3.8, 4) is 0 Å². The normalized spacial score (nSPS) is 17.1. The first kappa shape index (κ1) is 17.5. The van der Waals surface area contributed by atoms with Crippen molar-refractivity contribution in [2.75, 3.05) is 5.75 Å². The fraction of sp³-hybridized carbons (Fsp3) is 0.222. The van der Waals surface area contributed by atoms with Gasteiger partial charge in [0, 0.05) is 21.8 Å². The molecule has 0 fully saturated rings. The summed E-state index contributed by atoms with van der Waals surface area (Å²) in [5, 5.41) is 2.55. The van der Waals surface area contributed by atoms with E-state index in [2.05, 4.69) is 5.32 Å². The van der Waals surface area contributed by atoms with Crippen LogP contribution in [0, 0.1) is 6.92 Å². The monoisotopic (exact) mass is 365 g/mol. The number of nitrogens with one attached hydrogen (secondary N) is 1. The molecule has 1 N–H and O–H groups in total. The number of carbonyl (C=O) groups excluding carboxylic acids is 2. The number of fused-ring (bicyclic) bond motifs is 1. The first-order chi connectivity index (χ1) is 11.8. The van der Waals surface area contributed by atoms with Gasteiger partial charge < -0.3 is 5.32 Å². The average Bonchev–Trinajstić information content (AvgIpc) is 2.57. The highest BCUT2D eigenvalue weighted by Gasteiger charge is 2.32. The lowest BCUT2D eigenvalue weighted by Crippen LogP contribution is -2.44. The van der Waals surface area contributed by atoms with Crippen LogP contribution < -0.4 is 5.32 Å². The maximum absolute atomic E-state index is 12.8. The van der Waals surface area contributed by atoms with Crippen molar-refractivity contribution in [2.24, 2.45) is 0 Å². The Morgan fingerprint density at radius 3 is 2.68 bits per heavy atom. The van der Waals surface area contributed by atoms with Gasteiger partial charge in [-0.2, -0.15) is 13.2 Å². The molecule has 0 bridgehead atoms. The van der Waals surface area contributed by atoms with Crippen molar-refractivity contribution < 1.29 is 22.8 Å². The number of ketones is 1. The molecule has 1 atom stereocenters. The summed E-state index contributed by atoms with van der Waals surface area (Å²) in [7, 11) is 0. The first-order valence-corrected chi connectivity index (χ1v) is 8.50. The van der Waals surface area contributed by atoms with E-state index in [0.29, 0.717) is 11.3 Å². The molecular formula is C18H14F3NO2S. The van der Waals surface area contributed by atoms with E-state index in [1.165, 1.54) is 23.9 Å². The molecule has 0 unspecified atom stereocenters. The Hall–Kier alpha value is -2.28. The fourth-order valence-electron chi connectivity index (χ4n) is 2.58. The zero-order valence-corrected chi connectivity index (χ0v) is 14.0. The molecule has 3 nitrogen and oxygen atoms in total. The van der Waals surface area contributed by atoms with Crippen LogP contribution in [0.3, 0.4) is 0 Å². The summed E-state index contributed by atoms with van der Waals surface area (Å²) in [5.41, 5.74) is 0.441. The molecule has 0 radical (unpaired) electrons. The molecule has 1 heterocycles. The molecule has 0 saturated carbocycles. The zero-order chi connectivity index (χ0) is 18.2. The van der Waals surface area contributed by atoms with Crippen LogP contribution in [-0.4, -0.2) is 23.5 Å². The quantitative estimate of drug-likeness (QED) is 0.872. The van der Waals surface area contributed by atoms with Crippen LogP contribution in [0.5, 0.6) is 0 Å². The van der Waals surface area contributed by atoms with Crippen LogP contribution in [0.2, 0.25) is 0 Å². The molecule has 0 saturated heterocycles. The molecule has 1 aliphatic rings. The Morgan fingerprint density at radius 1 is 1.20 bits per heavy atom. The summed E-state index contributed by atoms with van der Waals surface area (Å²) in [6.45, 7) is 1.86. The summed E-state index contributed by atoms with van der Waals surface area (Å²) >= 11 is 1.44. The predicted molar refractivity (Wildman–Crippen MR) is 88.9 cm³/mol. The Balaban J connectivity index is 1.79. The number of hydrogen-bond donors (Lipinski definition) is 1. The number of rotatable bonds is 2. The number of halogens is 3. The van der Waals surface area contributed by atoms with Crippen molar-refractivity contribution in [1.29, 1.82) is 0 Å². The first-order valence-electron chi connectivity index (χ1n) is 7.51. The van der Waals surface area contributed by atoms with Crippen molar-refractivity contribution in [1.82, 2.24) is 5.32 Å². The van der Waals surface area contributed by atoms with Gasteiger partial charge in [0.15, 0.2) is 5.78 Å². The minimum Gasteiger partial charge on any atom is -0.341 e. The van der Waals surface area contributed by atoms with E-state index in [1.807, 2.05) is 19.1 Å². The maximum Gasteiger partial charge on any atom is 0.416 e. The van der Waals surface area contributed by atoms with E-state index < -0.39 is 23.7 Å². The molecular weight excluding hydrogens is 351 g/mol. The van der Waals surface area contributed by atoms with E-state index in [4.69, 9.17) is 0 Å². The van der Waals surface area contributed by atoms with Crippen molar-refractivity contribution >= 4 is 23.5 Å². The van der Waals surface area contributed by atoms with Gasteiger partial charge in [-0.05, 0) is 37.3 Å². The molecule has 0 aliphatic carbocycles. The summed E-state index contributed by atoms with van der Waals surface area (Å²) in [5.74, 6) is -0.571. The van der Waals surface area contributed by atoms with Crippen LogP contribution in [0.15, 0.2) is 47.4 Å². The molecule has 3 rings (SSSR count). The lowest BCUT2D eigenvalue weighted by atomic mass is 10.0. The molecule has 7 heteroatoms. The Labute approximate surface area is 146 Å². The Kier molecular flexibility index (Phi) is 4.60. The van der Waals surface area contributed by atoms with Crippen molar-refractivity contribution in [3.63, 3.8) is 0 Å². The number of carbonyl (C=O) groups is 2. The van der Waals surface area contributed by atoms with Crippen LogP contribution in [-0.2, 0) is 6.18 Å². The van der Waals surface area contributed by atoms with Gasteiger partial charge in [0.2, 0.25) is 0 Å². The van der Waals surface area contributed by atoms with E-state index in [9.17, 15) is 22.8 Å². The number of Topliss-reactive ketones (excluding diaryl/α,β-unsaturated/α-hetero) is 1. The van der Waals surface area contributed by atoms with Crippen LogP contribution in [0.4, 0.5) is 13.2 Å². The predicted octanol–water partition coefficient (Wildman–Crippen LogP) is 4.10. The number of thioether (sulfide) groups is 1. The smallest absolute Gasteiger partial charge is 0.341 e. The summed E-state index contributed by atoms with van der Waals surface area (Å²) in [6.07, 6.45) is -4.52. The second-order valence-electron chi connectivity index (χ2n) is 5.78. The van der Waals surface area contributed by atoms with Crippen LogP contribution in [0.1, 0.15) is 31.8 Å². The van der Waals surface area contributed by atoms with Gasteiger partial charge in [-0.1, -0.05) is 17.7 Å². The Bertz CT molecular complexity index is 848. The van der Waals surface area contributed by atoms with Gasteiger partial charge in [-0.3, -0.25) is 9.59 Å². The lowest BCUT2D eigenvalue weighted by molar-refractivity contribution is -0.137. The third-order valence-corrected chi connectivity index (χ3v) is 5.05. The largest absolute Gasteiger partial charge is 0.416 e. The van der Waals surface area contributed by atoms with Crippen LogP contribution in [0.25, 0.3) is 0 Å². The van der Waals surface area contributed by atoms with Gasteiger partial charge in [0.05, 0.1) is 5.56 Å². The number of amides is 1. The standard InChI is InChI=1S/C18H14F3NO2S/c1-10-5-6-15-13(7-10)16(23)14(9-25-15)22-17(24)11-3-2-4-12(8-11)18(19,20)21/h2-8,14H,9H2,1H3,(H,22,24)/t14-/m1/s1. The van der Waals surface area contributed by atoms with Gasteiger partial charge in [-0.25, -0.2) is 0 Å². The highest BCUT2D eigenvalue weighted by atomic mass is 32.2. The number of alkyl halides is 3. The highest BCUT2D eigenvalue weighted by Crippen LogP contribution is 2.31. The Morgan fingerprint density at radius 2 is 1.96 bits per heavy atom. The molecule has 2 aromatic carbocycles. The average molecular weight is 365 g/mol. The summed E-state index contributed by atoms with van der Waals surface area (Å²) < 4.78 is 38.3. The topological polar surface area (TPSA) is 46.2 Å². The fourth-order valence-corrected chi connectivity index (χ4v) is 3.64. The lowest BCUT2D eigenvalue weighted by Gasteiger charge is -2.24. The summed E-state index contributed by atoms with van der Waals surface area (Å²) in [6, 6.07) is 8.91. The van der Waals surface area contributed by atoms with E-state index in [0.717, 1.165) is 22.6 Å². The van der Waals surface area contributed by atoms with E-state index >= 15 is 0 Å². The SMILES string of the molecule is Cc1ccc2c(c1)C(=O)[C@H](NC(=O)c1cccc(C(F)(F)F)c1)CS2. The minimum atomic E-state index is -4.52. The number of aryl methyl sites for hydroxylation is 1. The molecule has 2 aromatic rings. The maximum atomic E-state index is 12.8. The minimum absolute atomic E-state index is 0.123. The second-order valence-corrected chi connectivity index (χ2v) is 6.84. The molecule has 1 aliphatic heterocycles. The van der Waals surface area contributed by atoms with E-state index in [-0.39, 0.29) is 11.3 Å². The van der Waals surface area contributed by atoms with Crippen molar-refractivity contribution in [3.05, 3.63) is 64.7 Å². The zero-order valence-electron chi connectivity index (χ0n) is 13.2. The third kappa shape index (κ3) is 3.71. The summed E-state index contributed by atoms with van der Waals surface area (Å²) in [4.78, 5) is 25.7. The second kappa shape index (κ2) is 6.55. The van der Waals surface area contributed by atoms with Crippen LogP contribution >= 0.6 is 11.8 Å². The van der Waals surface area contributed by atoms with Gasteiger partial charge in [-0.15, -0.1) is 11.8 Å². The molecule has 1 amide bonds. The van der Waals surface area contributed by atoms with E-state index in [1.54, 1.807) is 6.07 Å². The molecule has 0 aromatic heterocycles.